The van der Waals surface area contributed by atoms with Crippen LogP contribution in [0.2, 0.25) is 0 Å². The molecular formula is C16H20N3O4+. The van der Waals surface area contributed by atoms with E-state index in [9.17, 15) is 9.59 Å². The van der Waals surface area contributed by atoms with E-state index >= 15 is 0 Å². The zero-order valence-electron chi connectivity index (χ0n) is 12.8. The van der Waals surface area contributed by atoms with Gasteiger partial charge in [-0.05, 0) is 11.6 Å². The molecule has 7 heteroatoms. The maximum Gasteiger partial charge on any atom is 0.352 e. The normalized spacial score (nSPS) is 22.0. The van der Waals surface area contributed by atoms with Crippen LogP contribution >= 0.6 is 0 Å². The van der Waals surface area contributed by atoms with E-state index in [1.807, 2.05) is 18.2 Å². The lowest BCUT2D eigenvalue weighted by molar-refractivity contribution is -0.899. The van der Waals surface area contributed by atoms with Crippen molar-refractivity contribution in [3.05, 3.63) is 29.8 Å². The van der Waals surface area contributed by atoms with Gasteiger partial charge in [-0.2, -0.15) is 0 Å². The molecule has 7 nitrogen and oxygen atoms in total. The molecule has 1 atom stereocenters. The van der Waals surface area contributed by atoms with Crippen LogP contribution in [-0.2, 0) is 19.1 Å². The summed E-state index contributed by atoms with van der Waals surface area (Å²) in [5.74, 6) is -1.09. The molecule has 3 rings (SSSR count). The number of para-hydroxylation sites is 1. The molecule has 3 N–H and O–H groups in total. The van der Waals surface area contributed by atoms with Crippen molar-refractivity contribution in [2.75, 3.05) is 44.8 Å². The Labute approximate surface area is 134 Å². The second kappa shape index (κ2) is 6.89. The SMILES string of the molecule is N=C1C(=O)OC[C@H]1c1ccccc1NC(=O)C[NH+]1CCOCC1. The second-order valence-corrected chi connectivity index (χ2v) is 5.74. The molecule has 23 heavy (non-hydrogen) atoms. The van der Waals surface area contributed by atoms with Crippen LogP contribution in [0.4, 0.5) is 5.69 Å². The number of morpholine rings is 1. The molecule has 1 amide bonds. The topological polar surface area (TPSA) is 92.9 Å². The molecule has 2 heterocycles. The summed E-state index contributed by atoms with van der Waals surface area (Å²) >= 11 is 0. The first-order chi connectivity index (χ1) is 11.1. The third kappa shape index (κ3) is 3.57. The molecular weight excluding hydrogens is 298 g/mol. The smallest absolute Gasteiger partial charge is 0.352 e. The highest BCUT2D eigenvalue weighted by Gasteiger charge is 2.33. The lowest BCUT2D eigenvalue weighted by Gasteiger charge is -2.23. The highest BCUT2D eigenvalue weighted by Crippen LogP contribution is 2.29. The van der Waals surface area contributed by atoms with Crippen molar-refractivity contribution >= 4 is 23.3 Å². The average Bonchev–Trinajstić information content (AvgIpc) is 2.88. The quantitative estimate of drug-likeness (QED) is 0.634. The summed E-state index contributed by atoms with van der Waals surface area (Å²) in [7, 11) is 0. The number of amides is 1. The van der Waals surface area contributed by atoms with Crippen molar-refractivity contribution in [3.8, 4) is 0 Å². The van der Waals surface area contributed by atoms with E-state index < -0.39 is 11.9 Å². The summed E-state index contributed by atoms with van der Waals surface area (Å²) in [4.78, 5) is 24.9. The largest absolute Gasteiger partial charge is 0.460 e. The summed E-state index contributed by atoms with van der Waals surface area (Å²) < 4.78 is 10.2. The molecule has 0 spiro atoms. The average molecular weight is 318 g/mol. The maximum atomic E-state index is 12.3. The van der Waals surface area contributed by atoms with Crippen molar-refractivity contribution < 1.29 is 24.0 Å². The molecule has 0 saturated carbocycles. The fraction of sp³-hybridized carbons (Fsp3) is 0.438. The number of benzene rings is 1. The van der Waals surface area contributed by atoms with Gasteiger partial charge in [-0.15, -0.1) is 0 Å². The van der Waals surface area contributed by atoms with Gasteiger partial charge in [0, 0.05) is 5.69 Å². The summed E-state index contributed by atoms with van der Waals surface area (Å²) in [5, 5.41) is 10.7. The van der Waals surface area contributed by atoms with Crippen LogP contribution < -0.4 is 10.2 Å². The minimum atomic E-state index is -0.589. The number of ether oxygens (including phenoxy) is 2. The number of rotatable bonds is 4. The highest BCUT2D eigenvalue weighted by atomic mass is 16.5. The van der Waals surface area contributed by atoms with Crippen LogP contribution in [0.15, 0.2) is 24.3 Å². The van der Waals surface area contributed by atoms with E-state index in [1.54, 1.807) is 6.07 Å². The lowest BCUT2D eigenvalue weighted by Crippen LogP contribution is -3.15. The van der Waals surface area contributed by atoms with E-state index in [1.165, 1.54) is 4.90 Å². The molecule has 0 bridgehead atoms. The van der Waals surface area contributed by atoms with E-state index in [2.05, 4.69) is 5.32 Å². The number of hydrogen-bond donors (Lipinski definition) is 3. The number of hydrogen-bond acceptors (Lipinski definition) is 5. The van der Waals surface area contributed by atoms with Crippen molar-refractivity contribution in [2.45, 2.75) is 5.92 Å². The number of carbonyl (C=O) groups excluding carboxylic acids is 2. The third-order valence-electron chi connectivity index (χ3n) is 4.17. The van der Waals surface area contributed by atoms with E-state index in [0.29, 0.717) is 25.4 Å². The van der Waals surface area contributed by atoms with Crippen molar-refractivity contribution in [3.63, 3.8) is 0 Å². The number of carbonyl (C=O) groups is 2. The number of esters is 1. The van der Waals surface area contributed by atoms with Gasteiger partial charge < -0.3 is 19.7 Å². The van der Waals surface area contributed by atoms with Crippen LogP contribution in [0.3, 0.4) is 0 Å². The van der Waals surface area contributed by atoms with Gasteiger partial charge >= 0.3 is 5.97 Å². The Morgan fingerprint density at radius 3 is 2.74 bits per heavy atom. The van der Waals surface area contributed by atoms with Crippen LogP contribution in [-0.4, -0.2) is 57.0 Å². The van der Waals surface area contributed by atoms with Gasteiger partial charge in [-0.25, -0.2) is 4.79 Å². The van der Waals surface area contributed by atoms with E-state index in [4.69, 9.17) is 14.9 Å². The number of anilines is 1. The Morgan fingerprint density at radius 2 is 2.04 bits per heavy atom. The Balaban J connectivity index is 1.69. The van der Waals surface area contributed by atoms with E-state index in [0.717, 1.165) is 18.7 Å². The molecule has 1 aromatic rings. The van der Waals surface area contributed by atoms with Crippen LogP contribution in [0.1, 0.15) is 11.5 Å². The van der Waals surface area contributed by atoms with Crippen molar-refractivity contribution in [2.24, 2.45) is 0 Å². The Morgan fingerprint density at radius 1 is 1.30 bits per heavy atom. The molecule has 2 saturated heterocycles. The monoisotopic (exact) mass is 318 g/mol. The Kier molecular flexibility index (Phi) is 4.68. The molecule has 2 fully saturated rings. The molecule has 2 aliphatic rings. The van der Waals surface area contributed by atoms with Gasteiger partial charge in [0.25, 0.3) is 5.91 Å². The van der Waals surface area contributed by atoms with Crippen molar-refractivity contribution in [1.82, 2.24) is 0 Å². The molecule has 122 valence electrons. The fourth-order valence-electron chi connectivity index (χ4n) is 2.88. The van der Waals surface area contributed by atoms with Crippen LogP contribution in [0.5, 0.6) is 0 Å². The molecule has 0 radical (unpaired) electrons. The molecule has 0 aliphatic carbocycles. The molecule has 0 aromatic heterocycles. The maximum absolute atomic E-state index is 12.3. The summed E-state index contributed by atoms with van der Waals surface area (Å²) in [5.41, 5.74) is 1.32. The van der Waals surface area contributed by atoms with Gasteiger partial charge in [0.15, 0.2) is 6.54 Å². The predicted molar refractivity (Wildman–Crippen MR) is 82.9 cm³/mol. The minimum absolute atomic E-state index is 0.0643. The number of quaternary nitrogens is 1. The minimum Gasteiger partial charge on any atom is -0.460 e. The highest BCUT2D eigenvalue weighted by molar-refractivity contribution is 6.39. The van der Waals surface area contributed by atoms with Gasteiger partial charge in [0.05, 0.1) is 19.1 Å². The van der Waals surface area contributed by atoms with Gasteiger partial charge in [-0.3, -0.25) is 10.2 Å². The van der Waals surface area contributed by atoms with Gasteiger partial charge in [0.2, 0.25) is 0 Å². The second-order valence-electron chi connectivity index (χ2n) is 5.74. The zero-order chi connectivity index (χ0) is 16.2. The van der Waals surface area contributed by atoms with Gasteiger partial charge in [0.1, 0.15) is 25.4 Å². The third-order valence-corrected chi connectivity index (χ3v) is 4.17. The molecule has 0 unspecified atom stereocenters. The molecule has 1 aromatic carbocycles. The number of cyclic esters (lactones) is 1. The van der Waals surface area contributed by atoms with Crippen molar-refractivity contribution in [1.29, 1.82) is 5.41 Å². The zero-order valence-corrected chi connectivity index (χ0v) is 12.8. The van der Waals surface area contributed by atoms with Crippen LogP contribution in [0.25, 0.3) is 0 Å². The summed E-state index contributed by atoms with van der Waals surface area (Å²) in [6.45, 7) is 3.54. The standard InChI is InChI=1S/C16H19N3O4/c17-15-12(10-23-16(15)21)11-3-1-2-4-13(11)18-14(20)9-19-5-7-22-8-6-19/h1-4,12,17H,5-10H2,(H,18,20)/p+1/t12-/m0/s1. The summed E-state index contributed by atoms with van der Waals surface area (Å²) in [6.07, 6.45) is 0. The fourth-order valence-corrected chi connectivity index (χ4v) is 2.88. The first-order valence-corrected chi connectivity index (χ1v) is 7.71. The Hall–Kier alpha value is -2.25. The summed E-state index contributed by atoms with van der Waals surface area (Å²) in [6, 6.07) is 7.26. The van der Waals surface area contributed by atoms with Gasteiger partial charge in [-0.1, -0.05) is 18.2 Å². The first kappa shape index (κ1) is 15.6. The van der Waals surface area contributed by atoms with E-state index in [-0.39, 0.29) is 18.2 Å². The predicted octanol–water partition coefficient (Wildman–Crippen LogP) is -0.800. The van der Waals surface area contributed by atoms with Crippen LogP contribution in [0, 0.1) is 5.41 Å². The first-order valence-electron chi connectivity index (χ1n) is 7.71. The molecule has 2 aliphatic heterocycles. The Bertz CT molecular complexity index is 626. The lowest BCUT2D eigenvalue weighted by atomic mass is 9.95. The number of nitrogens with one attached hydrogen (secondary N) is 3.